The zero-order valence-corrected chi connectivity index (χ0v) is 18.2. The van der Waals surface area contributed by atoms with Crippen LogP contribution in [0.3, 0.4) is 0 Å². The van der Waals surface area contributed by atoms with Gasteiger partial charge in [-0.2, -0.15) is 4.31 Å². The van der Waals surface area contributed by atoms with Gasteiger partial charge in [0.2, 0.25) is 21.8 Å². The average Bonchev–Trinajstić information content (AvgIpc) is 3.03. The predicted octanol–water partition coefficient (Wildman–Crippen LogP) is 2.64. The quantitative estimate of drug-likeness (QED) is 0.783. The van der Waals surface area contributed by atoms with E-state index in [9.17, 15) is 18.0 Å². The van der Waals surface area contributed by atoms with Crippen LogP contribution in [0.15, 0.2) is 29.2 Å². The number of anilines is 1. The number of carbonyl (C=O) groups excluding carboxylic acids is 2. The SMILES string of the molecule is C[C@]12CCC(=O)N1[C@@H](C(=O)Nc1cccc(S(=O)(=O)N3CCCCCC3)c1)CS2. The second-order valence-corrected chi connectivity index (χ2v) is 11.5. The molecule has 158 valence electrons. The van der Waals surface area contributed by atoms with Crippen molar-refractivity contribution < 1.29 is 18.0 Å². The fourth-order valence-electron chi connectivity index (χ4n) is 4.41. The van der Waals surface area contributed by atoms with Crippen LogP contribution in [0.5, 0.6) is 0 Å². The number of hydrogen-bond donors (Lipinski definition) is 1. The third-order valence-electron chi connectivity index (χ3n) is 6.05. The Morgan fingerprint density at radius 3 is 2.66 bits per heavy atom. The first-order chi connectivity index (χ1) is 13.8. The number of thioether (sulfide) groups is 1. The standard InChI is InChI=1S/C20H27N3O4S2/c1-20-10-9-18(24)23(20)17(14-28-20)19(25)21-15-7-6-8-16(13-15)29(26,27)22-11-4-2-3-5-12-22/h6-8,13,17H,2-5,9-12,14H2,1H3,(H,21,25)/t17-,20+/m1/s1. The van der Waals surface area contributed by atoms with Gasteiger partial charge in [0.05, 0.1) is 9.77 Å². The Labute approximate surface area is 176 Å². The molecule has 0 aliphatic carbocycles. The fraction of sp³-hybridized carbons (Fsp3) is 0.600. The Morgan fingerprint density at radius 2 is 1.93 bits per heavy atom. The molecule has 1 aromatic carbocycles. The van der Waals surface area contributed by atoms with Gasteiger partial charge in [0.1, 0.15) is 6.04 Å². The summed E-state index contributed by atoms with van der Waals surface area (Å²) in [5.74, 6) is 0.302. The van der Waals surface area contributed by atoms with E-state index < -0.39 is 16.1 Å². The molecule has 0 spiro atoms. The molecule has 1 N–H and O–H groups in total. The number of amides is 2. The van der Waals surface area contributed by atoms with Crippen molar-refractivity contribution in [1.82, 2.24) is 9.21 Å². The zero-order valence-electron chi connectivity index (χ0n) is 16.6. The van der Waals surface area contributed by atoms with E-state index in [-0.39, 0.29) is 21.6 Å². The average molecular weight is 438 g/mol. The maximum absolute atomic E-state index is 13.0. The first kappa shape index (κ1) is 20.7. The highest BCUT2D eigenvalue weighted by molar-refractivity contribution is 8.01. The summed E-state index contributed by atoms with van der Waals surface area (Å²) in [5.41, 5.74) is 0.441. The number of rotatable bonds is 4. The molecule has 3 heterocycles. The Morgan fingerprint density at radius 1 is 1.21 bits per heavy atom. The molecule has 4 rings (SSSR count). The number of benzene rings is 1. The second-order valence-electron chi connectivity index (χ2n) is 8.10. The maximum atomic E-state index is 13.0. The normalized spacial score (nSPS) is 28.2. The van der Waals surface area contributed by atoms with Crippen LogP contribution in [-0.2, 0) is 19.6 Å². The van der Waals surface area contributed by atoms with Crippen LogP contribution < -0.4 is 5.32 Å². The van der Waals surface area contributed by atoms with E-state index in [1.807, 2.05) is 6.92 Å². The number of sulfonamides is 1. The molecule has 9 heteroatoms. The molecule has 2 atom stereocenters. The van der Waals surface area contributed by atoms with Crippen molar-refractivity contribution in [1.29, 1.82) is 0 Å². The summed E-state index contributed by atoms with van der Waals surface area (Å²) in [6.45, 7) is 3.08. The van der Waals surface area contributed by atoms with Crippen molar-refractivity contribution in [2.75, 3.05) is 24.2 Å². The lowest BCUT2D eigenvalue weighted by Crippen LogP contribution is -2.48. The van der Waals surface area contributed by atoms with Gasteiger partial charge in [-0.15, -0.1) is 11.8 Å². The molecule has 0 unspecified atom stereocenters. The number of nitrogens with one attached hydrogen (secondary N) is 1. The molecule has 1 aromatic rings. The minimum atomic E-state index is -3.58. The van der Waals surface area contributed by atoms with E-state index in [4.69, 9.17) is 0 Å². The van der Waals surface area contributed by atoms with Gasteiger partial charge in [-0.1, -0.05) is 18.9 Å². The Kier molecular flexibility index (Phi) is 5.65. The highest BCUT2D eigenvalue weighted by atomic mass is 32.2. The molecule has 0 saturated carbocycles. The van der Waals surface area contributed by atoms with Crippen molar-refractivity contribution in [3.05, 3.63) is 24.3 Å². The Hall–Kier alpha value is -1.58. The molecule has 3 saturated heterocycles. The van der Waals surface area contributed by atoms with Crippen molar-refractivity contribution in [3.63, 3.8) is 0 Å². The van der Waals surface area contributed by atoms with Gasteiger partial charge in [-0.3, -0.25) is 9.59 Å². The van der Waals surface area contributed by atoms with E-state index >= 15 is 0 Å². The minimum absolute atomic E-state index is 0.00939. The first-order valence-corrected chi connectivity index (χ1v) is 12.6. The summed E-state index contributed by atoms with van der Waals surface area (Å²) in [6, 6.07) is 5.90. The summed E-state index contributed by atoms with van der Waals surface area (Å²) in [4.78, 5) is 26.7. The van der Waals surface area contributed by atoms with Crippen molar-refractivity contribution >= 4 is 39.3 Å². The number of fused-ring (bicyclic) bond motifs is 1. The van der Waals surface area contributed by atoms with Gasteiger partial charge >= 0.3 is 0 Å². The van der Waals surface area contributed by atoms with E-state index in [1.165, 1.54) is 6.07 Å². The molecule has 0 aromatic heterocycles. The van der Waals surface area contributed by atoms with Crippen LogP contribution in [-0.4, -0.2) is 59.2 Å². The first-order valence-electron chi connectivity index (χ1n) is 10.2. The number of hydrogen-bond acceptors (Lipinski definition) is 5. The zero-order chi connectivity index (χ0) is 20.6. The molecule has 0 bridgehead atoms. The van der Waals surface area contributed by atoms with Crippen LogP contribution in [0.4, 0.5) is 5.69 Å². The van der Waals surface area contributed by atoms with Crippen molar-refractivity contribution in [3.8, 4) is 0 Å². The van der Waals surface area contributed by atoms with Crippen LogP contribution in [0, 0.1) is 0 Å². The predicted molar refractivity (Wildman–Crippen MR) is 113 cm³/mol. The molecule has 0 radical (unpaired) electrons. The highest BCUT2D eigenvalue weighted by Gasteiger charge is 2.52. The van der Waals surface area contributed by atoms with Crippen LogP contribution in [0.2, 0.25) is 0 Å². The monoisotopic (exact) mass is 437 g/mol. The molecular formula is C20H27N3O4S2. The topological polar surface area (TPSA) is 86.8 Å². The lowest BCUT2D eigenvalue weighted by atomic mass is 10.2. The minimum Gasteiger partial charge on any atom is -0.324 e. The molecule has 29 heavy (non-hydrogen) atoms. The van der Waals surface area contributed by atoms with Gasteiger partial charge in [-0.25, -0.2) is 8.42 Å². The molecular weight excluding hydrogens is 410 g/mol. The van der Waals surface area contributed by atoms with Gasteiger partial charge in [0.25, 0.3) is 0 Å². The Bertz CT molecular complexity index is 912. The second kappa shape index (κ2) is 7.92. The largest absolute Gasteiger partial charge is 0.324 e. The van der Waals surface area contributed by atoms with Gasteiger partial charge in [0.15, 0.2) is 0 Å². The number of nitrogens with zero attached hydrogens (tertiary/aromatic N) is 2. The van der Waals surface area contributed by atoms with Crippen molar-refractivity contribution in [2.45, 2.75) is 61.3 Å². The van der Waals surface area contributed by atoms with E-state index in [1.54, 1.807) is 39.2 Å². The molecule has 7 nitrogen and oxygen atoms in total. The molecule has 3 aliphatic heterocycles. The third kappa shape index (κ3) is 3.92. The summed E-state index contributed by atoms with van der Waals surface area (Å²) in [7, 11) is -3.58. The summed E-state index contributed by atoms with van der Waals surface area (Å²) >= 11 is 1.64. The van der Waals surface area contributed by atoms with E-state index in [0.29, 0.717) is 31.0 Å². The third-order valence-corrected chi connectivity index (χ3v) is 9.45. The van der Waals surface area contributed by atoms with Crippen LogP contribution in [0.25, 0.3) is 0 Å². The van der Waals surface area contributed by atoms with Crippen LogP contribution >= 0.6 is 11.8 Å². The lowest BCUT2D eigenvalue weighted by molar-refractivity contribution is -0.135. The molecule has 2 amide bonds. The summed E-state index contributed by atoms with van der Waals surface area (Å²) < 4.78 is 27.6. The highest BCUT2D eigenvalue weighted by Crippen LogP contribution is 2.47. The van der Waals surface area contributed by atoms with Crippen molar-refractivity contribution in [2.24, 2.45) is 0 Å². The van der Waals surface area contributed by atoms with Gasteiger partial charge in [0, 0.05) is 31.0 Å². The van der Waals surface area contributed by atoms with E-state index in [2.05, 4.69) is 5.32 Å². The van der Waals surface area contributed by atoms with Gasteiger partial charge < -0.3 is 10.2 Å². The number of carbonyl (C=O) groups is 2. The molecule has 3 aliphatic rings. The fourth-order valence-corrected chi connectivity index (χ4v) is 7.40. The Balaban J connectivity index is 1.50. The summed E-state index contributed by atoms with van der Waals surface area (Å²) in [6.07, 6.45) is 5.07. The van der Waals surface area contributed by atoms with E-state index in [0.717, 1.165) is 32.1 Å². The summed E-state index contributed by atoms with van der Waals surface area (Å²) in [5, 5.41) is 2.83. The van der Waals surface area contributed by atoms with Gasteiger partial charge in [-0.05, 0) is 44.4 Å². The smallest absolute Gasteiger partial charge is 0.248 e. The molecule has 3 fully saturated rings. The lowest BCUT2D eigenvalue weighted by Gasteiger charge is -2.29. The van der Waals surface area contributed by atoms with Crippen LogP contribution in [0.1, 0.15) is 45.4 Å². The maximum Gasteiger partial charge on any atom is 0.248 e.